The van der Waals surface area contributed by atoms with Gasteiger partial charge in [0.15, 0.2) is 6.35 Å². The monoisotopic (exact) mass is 435 g/mol. The normalized spacial score (nSPS) is 16.9. The SMILES string of the molecule is CC(C)N1CCN(C(O)n2cc3c(=O)n(-c4ccccc4F)nc-3c3ccccc32)CC1. The predicted octanol–water partition coefficient (Wildman–Crippen LogP) is 2.91. The lowest BCUT2D eigenvalue weighted by Gasteiger charge is -2.39. The molecule has 2 aromatic carbocycles. The molecular formula is C24H26FN5O2. The molecule has 3 heterocycles. The average molecular weight is 436 g/mol. The number of aliphatic hydroxyl groups is 1. The Morgan fingerprint density at radius 2 is 1.62 bits per heavy atom. The fraction of sp³-hybridized carbons (Fsp3) is 0.333. The fourth-order valence-electron chi connectivity index (χ4n) is 4.48. The van der Waals surface area contributed by atoms with Crippen LogP contribution in [0.15, 0.2) is 59.5 Å². The molecule has 1 N–H and O–H groups in total. The molecule has 0 spiro atoms. The third kappa shape index (κ3) is 3.40. The van der Waals surface area contributed by atoms with Gasteiger partial charge in [0.05, 0.1) is 11.1 Å². The molecule has 5 rings (SSSR count). The number of para-hydroxylation sites is 2. The second kappa shape index (κ2) is 8.12. The molecular weight excluding hydrogens is 409 g/mol. The van der Waals surface area contributed by atoms with Crippen molar-refractivity contribution in [2.45, 2.75) is 26.2 Å². The second-order valence-corrected chi connectivity index (χ2v) is 8.50. The van der Waals surface area contributed by atoms with E-state index in [1.807, 2.05) is 29.2 Å². The van der Waals surface area contributed by atoms with Gasteiger partial charge in [0, 0.05) is 43.8 Å². The number of pyridine rings is 1. The molecule has 1 unspecified atom stereocenters. The van der Waals surface area contributed by atoms with Crippen LogP contribution in [0.4, 0.5) is 4.39 Å². The van der Waals surface area contributed by atoms with Crippen LogP contribution < -0.4 is 5.56 Å². The minimum Gasteiger partial charge on any atom is -0.360 e. The first kappa shape index (κ1) is 20.8. The molecule has 0 amide bonds. The Morgan fingerprint density at radius 1 is 0.969 bits per heavy atom. The van der Waals surface area contributed by atoms with Crippen LogP contribution in [0.1, 0.15) is 20.2 Å². The van der Waals surface area contributed by atoms with Gasteiger partial charge < -0.3 is 9.67 Å². The summed E-state index contributed by atoms with van der Waals surface area (Å²) in [5.74, 6) is -0.516. The summed E-state index contributed by atoms with van der Waals surface area (Å²) in [6.45, 7) is 7.52. The lowest BCUT2D eigenvalue weighted by molar-refractivity contribution is -0.0758. The van der Waals surface area contributed by atoms with Gasteiger partial charge in [-0.15, -0.1) is 0 Å². The van der Waals surface area contributed by atoms with Gasteiger partial charge in [0.2, 0.25) is 0 Å². The molecule has 7 nitrogen and oxygen atoms in total. The molecule has 3 aliphatic rings. The maximum absolute atomic E-state index is 14.4. The Labute approximate surface area is 185 Å². The summed E-state index contributed by atoms with van der Waals surface area (Å²) in [5.41, 5.74) is 1.28. The third-order valence-electron chi connectivity index (χ3n) is 6.32. The van der Waals surface area contributed by atoms with Crippen LogP contribution in [0.2, 0.25) is 0 Å². The fourth-order valence-corrected chi connectivity index (χ4v) is 4.48. The van der Waals surface area contributed by atoms with E-state index in [4.69, 9.17) is 0 Å². The molecule has 3 aliphatic heterocycles. The van der Waals surface area contributed by atoms with Gasteiger partial charge in [0.25, 0.3) is 5.56 Å². The van der Waals surface area contributed by atoms with Gasteiger partial charge in [-0.1, -0.05) is 30.3 Å². The van der Waals surface area contributed by atoms with E-state index in [-0.39, 0.29) is 5.69 Å². The molecule has 0 radical (unpaired) electrons. The largest absolute Gasteiger partial charge is 0.360 e. The summed E-state index contributed by atoms with van der Waals surface area (Å²) in [4.78, 5) is 17.6. The number of hydrogen-bond acceptors (Lipinski definition) is 5. The number of benzene rings is 2. The summed E-state index contributed by atoms with van der Waals surface area (Å²) in [5, 5.41) is 16.5. The number of fused-ring (bicyclic) bond motifs is 3. The highest BCUT2D eigenvalue weighted by atomic mass is 19.1. The lowest BCUT2D eigenvalue weighted by atomic mass is 10.1. The molecule has 1 fully saturated rings. The highest BCUT2D eigenvalue weighted by Crippen LogP contribution is 2.31. The predicted molar refractivity (Wildman–Crippen MR) is 121 cm³/mol. The van der Waals surface area contributed by atoms with Gasteiger partial charge >= 0.3 is 0 Å². The maximum atomic E-state index is 14.4. The van der Waals surface area contributed by atoms with Crippen LogP contribution in [0.25, 0.3) is 27.8 Å². The van der Waals surface area contributed by atoms with Crippen LogP contribution in [-0.4, -0.2) is 61.5 Å². The van der Waals surface area contributed by atoms with Crippen molar-refractivity contribution in [2.24, 2.45) is 0 Å². The number of aliphatic hydroxyl groups excluding tert-OH is 1. The van der Waals surface area contributed by atoms with E-state index < -0.39 is 17.7 Å². The van der Waals surface area contributed by atoms with Crippen LogP contribution >= 0.6 is 0 Å². The average Bonchev–Trinajstić information content (AvgIpc) is 3.15. The van der Waals surface area contributed by atoms with Crippen molar-refractivity contribution < 1.29 is 9.50 Å². The number of nitrogens with zero attached hydrogens (tertiary/aromatic N) is 5. The lowest BCUT2D eigenvalue weighted by Crippen LogP contribution is -2.50. The summed E-state index contributed by atoms with van der Waals surface area (Å²) in [6.07, 6.45) is 0.721. The number of halogens is 1. The van der Waals surface area contributed by atoms with Crippen molar-refractivity contribution in [2.75, 3.05) is 26.2 Å². The number of rotatable bonds is 4. The molecule has 0 aliphatic carbocycles. The van der Waals surface area contributed by atoms with E-state index >= 15 is 0 Å². The highest BCUT2D eigenvalue weighted by Gasteiger charge is 2.28. The molecule has 1 atom stereocenters. The Morgan fingerprint density at radius 3 is 2.34 bits per heavy atom. The van der Waals surface area contributed by atoms with E-state index in [1.54, 1.807) is 22.9 Å². The van der Waals surface area contributed by atoms with Gasteiger partial charge in [-0.2, -0.15) is 9.78 Å². The van der Waals surface area contributed by atoms with Gasteiger partial charge in [0.1, 0.15) is 17.2 Å². The van der Waals surface area contributed by atoms with Crippen molar-refractivity contribution >= 4 is 10.9 Å². The van der Waals surface area contributed by atoms with Crippen LogP contribution in [0.5, 0.6) is 0 Å². The molecule has 2 aromatic rings. The molecule has 166 valence electrons. The zero-order valence-corrected chi connectivity index (χ0v) is 18.1. The molecule has 32 heavy (non-hydrogen) atoms. The maximum Gasteiger partial charge on any atom is 0.282 e. The van der Waals surface area contributed by atoms with Crippen molar-refractivity contribution in [1.82, 2.24) is 24.1 Å². The Hall–Kier alpha value is -3.07. The summed E-state index contributed by atoms with van der Waals surface area (Å²) in [6, 6.07) is 14.1. The van der Waals surface area contributed by atoms with E-state index in [9.17, 15) is 14.3 Å². The van der Waals surface area contributed by atoms with Crippen LogP contribution in [-0.2, 0) is 0 Å². The molecule has 8 heteroatoms. The molecule has 0 bridgehead atoms. The summed E-state index contributed by atoms with van der Waals surface area (Å²) in [7, 11) is 0. The van der Waals surface area contributed by atoms with Gasteiger partial charge in [-0.3, -0.25) is 14.6 Å². The van der Waals surface area contributed by atoms with E-state index in [2.05, 4.69) is 23.8 Å². The second-order valence-electron chi connectivity index (χ2n) is 8.50. The van der Waals surface area contributed by atoms with Crippen LogP contribution in [0.3, 0.4) is 0 Å². The first-order chi connectivity index (χ1) is 15.5. The molecule has 1 saturated heterocycles. The zero-order chi connectivity index (χ0) is 22.4. The zero-order valence-electron chi connectivity index (χ0n) is 18.1. The van der Waals surface area contributed by atoms with Crippen molar-refractivity contribution in [3.05, 3.63) is 70.9 Å². The van der Waals surface area contributed by atoms with Crippen molar-refractivity contribution in [3.63, 3.8) is 0 Å². The quantitative estimate of drug-likeness (QED) is 0.534. The Bertz CT molecular complexity index is 1290. The first-order valence-corrected chi connectivity index (χ1v) is 10.9. The standard InChI is InChI=1S/C24H26FN5O2/c1-16(2)27-11-13-28(14-12-27)24(32)29-15-18-22(17-7-3-5-9-20(17)29)26-30(23(18)31)21-10-6-4-8-19(21)25/h3-10,15-16,24,32H,11-14H2,1-2H3. The van der Waals surface area contributed by atoms with E-state index in [1.165, 1.54) is 12.1 Å². The van der Waals surface area contributed by atoms with E-state index in [0.29, 0.717) is 17.3 Å². The minimum atomic E-state index is -0.921. The van der Waals surface area contributed by atoms with Gasteiger partial charge in [-0.25, -0.2) is 4.39 Å². The van der Waals surface area contributed by atoms with Crippen molar-refractivity contribution in [3.8, 4) is 16.9 Å². The number of hydrogen-bond donors (Lipinski definition) is 1. The van der Waals surface area contributed by atoms with Gasteiger partial charge in [-0.05, 0) is 32.0 Å². The number of piperazine rings is 1. The summed E-state index contributed by atoms with van der Waals surface area (Å²) >= 11 is 0. The minimum absolute atomic E-state index is 0.106. The number of aromatic nitrogens is 3. The summed E-state index contributed by atoms with van der Waals surface area (Å²) < 4.78 is 17.2. The topological polar surface area (TPSA) is 66.5 Å². The highest BCUT2D eigenvalue weighted by molar-refractivity contribution is 5.93. The van der Waals surface area contributed by atoms with Crippen LogP contribution in [0, 0.1) is 5.82 Å². The third-order valence-corrected chi connectivity index (χ3v) is 6.32. The van der Waals surface area contributed by atoms with E-state index in [0.717, 1.165) is 41.8 Å². The first-order valence-electron chi connectivity index (χ1n) is 10.9. The molecule has 0 aromatic heterocycles. The van der Waals surface area contributed by atoms with Crippen molar-refractivity contribution in [1.29, 1.82) is 0 Å². The smallest absolute Gasteiger partial charge is 0.282 e. The Kier molecular flexibility index (Phi) is 5.28. The molecule has 0 saturated carbocycles. The Balaban J connectivity index is 1.63.